The van der Waals surface area contributed by atoms with Gasteiger partial charge in [-0.2, -0.15) is 0 Å². The Hall–Kier alpha value is -3.44. The number of carboxylic acid groups (broad SMARTS) is 1. The number of aliphatic hydroxyl groups is 1. The van der Waals surface area contributed by atoms with E-state index >= 15 is 0 Å². The molecule has 1 aliphatic rings. The Balaban J connectivity index is 1.59. The van der Waals surface area contributed by atoms with Gasteiger partial charge in [0.25, 0.3) is 0 Å². The Kier molecular flexibility index (Phi) is 8.01. The lowest BCUT2D eigenvalue weighted by atomic mass is 10.0. The number of benzene rings is 1. The summed E-state index contributed by atoms with van der Waals surface area (Å²) in [5, 5.41) is 30.7. The number of H-pyrrole nitrogens is 1. The van der Waals surface area contributed by atoms with Crippen molar-refractivity contribution in [2.24, 2.45) is 0 Å². The van der Waals surface area contributed by atoms with Crippen molar-refractivity contribution in [1.29, 1.82) is 0 Å². The van der Waals surface area contributed by atoms with E-state index in [2.05, 4.69) is 26.3 Å². The lowest BCUT2D eigenvalue weighted by molar-refractivity contribution is -0.142. The van der Waals surface area contributed by atoms with Gasteiger partial charge in [-0.25, -0.2) is 4.79 Å². The molecular formula is C22H29N5O6. The van der Waals surface area contributed by atoms with Crippen LogP contribution in [0.3, 0.4) is 0 Å². The number of carboxylic acids is 1. The van der Waals surface area contributed by atoms with Gasteiger partial charge in [0, 0.05) is 23.5 Å². The van der Waals surface area contributed by atoms with Gasteiger partial charge in [0.15, 0.2) is 0 Å². The van der Waals surface area contributed by atoms with Crippen LogP contribution in [0.2, 0.25) is 0 Å². The highest BCUT2D eigenvalue weighted by Gasteiger charge is 2.30. The number of hydrogen-bond acceptors (Lipinski definition) is 6. The minimum absolute atomic E-state index is 0.00993. The Morgan fingerprint density at radius 1 is 1.18 bits per heavy atom. The predicted octanol–water partition coefficient (Wildman–Crippen LogP) is -0.986. The second kappa shape index (κ2) is 10.9. The van der Waals surface area contributed by atoms with Crippen LogP contribution < -0.4 is 21.3 Å². The number of aromatic amines is 1. The molecule has 11 nitrogen and oxygen atoms in total. The van der Waals surface area contributed by atoms with Gasteiger partial charge in [0.1, 0.15) is 12.1 Å². The summed E-state index contributed by atoms with van der Waals surface area (Å²) in [4.78, 5) is 51.8. The standard InChI is InChI=1S/C22H29N5O6/c1-12(28)19(27-18(29)11-25-20(30)16-7-4-8-23-16)21(31)26-17(22(32)33)9-13-10-24-15-6-3-2-5-14(13)15/h2-3,5-6,10,12,16-17,19,23-24,28H,4,7-9,11H2,1H3,(H,25,30)(H,26,31)(H,27,29)(H,32,33). The van der Waals surface area contributed by atoms with Crippen LogP contribution in [-0.4, -0.2) is 76.2 Å². The molecule has 1 fully saturated rings. The summed E-state index contributed by atoms with van der Waals surface area (Å²) >= 11 is 0. The molecule has 4 atom stereocenters. The summed E-state index contributed by atoms with van der Waals surface area (Å²) < 4.78 is 0. The van der Waals surface area contributed by atoms with Crippen LogP contribution in [0.4, 0.5) is 0 Å². The fourth-order valence-electron chi connectivity index (χ4n) is 3.81. The van der Waals surface area contributed by atoms with Crippen molar-refractivity contribution >= 4 is 34.6 Å². The molecule has 1 aromatic carbocycles. The zero-order valence-electron chi connectivity index (χ0n) is 18.3. The second-order valence-electron chi connectivity index (χ2n) is 8.12. The van der Waals surface area contributed by atoms with Gasteiger partial charge in [0.2, 0.25) is 17.7 Å². The summed E-state index contributed by atoms with van der Waals surface area (Å²) in [6, 6.07) is 4.36. The number of rotatable bonds is 10. The molecule has 178 valence electrons. The molecule has 1 aliphatic heterocycles. The number of fused-ring (bicyclic) bond motifs is 1. The number of amides is 3. The van der Waals surface area contributed by atoms with Crippen molar-refractivity contribution in [3.8, 4) is 0 Å². The third-order valence-corrected chi connectivity index (χ3v) is 5.59. The van der Waals surface area contributed by atoms with Gasteiger partial charge in [0.05, 0.1) is 18.7 Å². The van der Waals surface area contributed by atoms with Crippen LogP contribution in [0.5, 0.6) is 0 Å². The average Bonchev–Trinajstić information content (AvgIpc) is 3.45. The van der Waals surface area contributed by atoms with Gasteiger partial charge >= 0.3 is 5.97 Å². The second-order valence-corrected chi connectivity index (χ2v) is 8.12. The van der Waals surface area contributed by atoms with Crippen LogP contribution in [0.25, 0.3) is 10.9 Å². The van der Waals surface area contributed by atoms with Crippen LogP contribution in [0, 0.1) is 0 Å². The number of carbonyl (C=O) groups is 4. The first-order valence-electron chi connectivity index (χ1n) is 10.8. The molecule has 7 N–H and O–H groups in total. The number of aliphatic hydroxyl groups excluding tert-OH is 1. The molecule has 1 saturated heterocycles. The lowest BCUT2D eigenvalue weighted by Crippen LogP contribution is -2.57. The van der Waals surface area contributed by atoms with E-state index in [-0.39, 0.29) is 24.9 Å². The van der Waals surface area contributed by atoms with Crippen molar-refractivity contribution in [3.63, 3.8) is 0 Å². The fourth-order valence-corrected chi connectivity index (χ4v) is 3.81. The van der Waals surface area contributed by atoms with Crippen LogP contribution in [-0.2, 0) is 25.6 Å². The predicted molar refractivity (Wildman–Crippen MR) is 119 cm³/mol. The summed E-state index contributed by atoms with van der Waals surface area (Å²) in [6.07, 6.45) is 1.96. The van der Waals surface area contributed by atoms with Crippen LogP contribution in [0.1, 0.15) is 25.3 Å². The average molecular weight is 460 g/mol. The molecule has 2 aromatic rings. The minimum atomic E-state index is -1.39. The van der Waals surface area contributed by atoms with Crippen LogP contribution in [0.15, 0.2) is 30.5 Å². The van der Waals surface area contributed by atoms with E-state index in [0.717, 1.165) is 23.9 Å². The third kappa shape index (κ3) is 6.30. The van der Waals surface area contributed by atoms with Crippen LogP contribution >= 0.6 is 0 Å². The number of aromatic nitrogens is 1. The van der Waals surface area contributed by atoms with E-state index in [9.17, 15) is 29.4 Å². The highest BCUT2D eigenvalue weighted by molar-refractivity contribution is 5.93. The van der Waals surface area contributed by atoms with Gasteiger partial charge in [-0.05, 0) is 37.9 Å². The number of hydrogen-bond donors (Lipinski definition) is 7. The molecule has 3 amide bonds. The number of carbonyl (C=O) groups excluding carboxylic acids is 3. The number of nitrogens with one attached hydrogen (secondary N) is 5. The maximum absolute atomic E-state index is 12.7. The zero-order chi connectivity index (χ0) is 24.0. The summed E-state index contributed by atoms with van der Waals surface area (Å²) in [6.45, 7) is 1.67. The first-order chi connectivity index (χ1) is 15.8. The van der Waals surface area contributed by atoms with E-state index in [1.807, 2.05) is 24.3 Å². The van der Waals surface area contributed by atoms with Crippen molar-refractivity contribution in [2.45, 2.75) is 50.4 Å². The maximum Gasteiger partial charge on any atom is 0.326 e. The summed E-state index contributed by atoms with van der Waals surface area (Å²) in [7, 11) is 0. The van der Waals surface area contributed by atoms with Crippen molar-refractivity contribution in [2.75, 3.05) is 13.1 Å². The molecule has 3 rings (SSSR count). The first-order valence-corrected chi connectivity index (χ1v) is 10.8. The largest absolute Gasteiger partial charge is 0.480 e. The third-order valence-electron chi connectivity index (χ3n) is 5.59. The Labute approximate surface area is 190 Å². The molecule has 33 heavy (non-hydrogen) atoms. The zero-order valence-corrected chi connectivity index (χ0v) is 18.3. The Morgan fingerprint density at radius 3 is 2.61 bits per heavy atom. The van der Waals surface area contributed by atoms with E-state index in [0.29, 0.717) is 12.0 Å². The minimum Gasteiger partial charge on any atom is -0.480 e. The normalized spacial score (nSPS) is 18.3. The fraction of sp³-hybridized carbons (Fsp3) is 0.455. The summed E-state index contributed by atoms with van der Waals surface area (Å²) in [5.74, 6) is -3.08. The van der Waals surface area contributed by atoms with Gasteiger partial charge in [-0.1, -0.05) is 18.2 Å². The molecule has 0 bridgehead atoms. The molecule has 1 aromatic heterocycles. The summed E-state index contributed by atoms with van der Waals surface area (Å²) in [5.41, 5.74) is 1.55. The van der Waals surface area contributed by atoms with E-state index in [1.165, 1.54) is 6.92 Å². The topological polar surface area (TPSA) is 173 Å². The molecule has 0 spiro atoms. The van der Waals surface area contributed by atoms with E-state index in [4.69, 9.17) is 0 Å². The van der Waals surface area contributed by atoms with Gasteiger partial charge < -0.3 is 36.5 Å². The van der Waals surface area contributed by atoms with Gasteiger partial charge in [-0.3, -0.25) is 14.4 Å². The quantitative estimate of drug-likeness (QED) is 0.239. The molecule has 4 unspecified atom stereocenters. The molecule has 0 aliphatic carbocycles. The molecule has 2 heterocycles. The monoisotopic (exact) mass is 459 g/mol. The van der Waals surface area contributed by atoms with Gasteiger partial charge in [-0.15, -0.1) is 0 Å². The van der Waals surface area contributed by atoms with E-state index < -0.39 is 36.0 Å². The molecule has 0 saturated carbocycles. The van der Waals surface area contributed by atoms with Crippen molar-refractivity contribution in [1.82, 2.24) is 26.3 Å². The number of para-hydroxylation sites is 1. The SMILES string of the molecule is CC(O)C(NC(=O)CNC(=O)C1CCCN1)C(=O)NC(Cc1c[nH]c2ccccc12)C(=O)O. The first kappa shape index (κ1) is 24.2. The number of aliphatic carboxylic acids is 1. The van der Waals surface area contributed by atoms with Crippen molar-refractivity contribution in [3.05, 3.63) is 36.0 Å². The molecule has 0 radical (unpaired) electrons. The molecule has 11 heteroatoms. The molecular weight excluding hydrogens is 430 g/mol. The Morgan fingerprint density at radius 2 is 1.94 bits per heavy atom. The maximum atomic E-state index is 12.7. The highest BCUT2D eigenvalue weighted by Crippen LogP contribution is 2.19. The Bertz CT molecular complexity index is 1010. The smallest absolute Gasteiger partial charge is 0.326 e. The van der Waals surface area contributed by atoms with E-state index in [1.54, 1.807) is 6.20 Å². The van der Waals surface area contributed by atoms with Crippen molar-refractivity contribution < 1.29 is 29.4 Å². The lowest BCUT2D eigenvalue weighted by Gasteiger charge is -2.23. The highest BCUT2D eigenvalue weighted by atomic mass is 16.4.